The van der Waals surface area contributed by atoms with E-state index in [9.17, 15) is 13.2 Å². The topological polar surface area (TPSA) is 75.3 Å². The van der Waals surface area contributed by atoms with Crippen LogP contribution in [0.15, 0.2) is 53.4 Å². The van der Waals surface area contributed by atoms with E-state index in [1.54, 1.807) is 32.9 Å². The van der Waals surface area contributed by atoms with Gasteiger partial charge in [-0.2, -0.15) is 0 Å². The molecular weight excluding hydrogens is 380 g/mol. The molecule has 0 bridgehead atoms. The maximum Gasteiger partial charge on any atom is 0.266 e. The van der Waals surface area contributed by atoms with Crippen LogP contribution in [0.4, 0.5) is 5.69 Å². The van der Waals surface area contributed by atoms with Crippen molar-refractivity contribution in [1.29, 1.82) is 0 Å². The van der Waals surface area contributed by atoms with Crippen LogP contribution >= 0.6 is 11.3 Å². The first-order valence-corrected chi connectivity index (χ1v) is 10.8. The van der Waals surface area contributed by atoms with Crippen LogP contribution in [0.3, 0.4) is 0 Å². The molecule has 0 aliphatic rings. The largest absolute Gasteiger partial charge is 0.321 e. The highest BCUT2D eigenvalue weighted by atomic mass is 32.2. The number of nitrogens with one attached hydrogen (secondary N) is 2. The van der Waals surface area contributed by atoms with E-state index in [1.807, 2.05) is 31.2 Å². The van der Waals surface area contributed by atoms with Crippen LogP contribution in [0.25, 0.3) is 10.1 Å². The highest BCUT2D eigenvalue weighted by Crippen LogP contribution is 2.31. The summed E-state index contributed by atoms with van der Waals surface area (Å²) in [5.41, 5.74) is 0.770. The summed E-state index contributed by atoms with van der Waals surface area (Å²) in [7, 11) is -3.67. The van der Waals surface area contributed by atoms with E-state index in [-0.39, 0.29) is 10.8 Å². The summed E-state index contributed by atoms with van der Waals surface area (Å²) in [6.45, 7) is 7.25. The predicted molar refractivity (Wildman–Crippen MR) is 111 cm³/mol. The fourth-order valence-electron chi connectivity index (χ4n) is 2.78. The molecule has 0 saturated carbocycles. The van der Waals surface area contributed by atoms with Gasteiger partial charge in [-0.25, -0.2) is 13.1 Å². The molecule has 3 rings (SSSR count). The first kappa shape index (κ1) is 19.5. The number of benzene rings is 2. The van der Waals surface area contributed by atoms with Crippen molar-refractivity contribution in [2.75, 3.05) is 5.32 Å². The molecule has 27 heavy (non-hydrogen) atoms. The van der Waals surface area contributed by atoms with Crippen molar-refractivity contribution in [1.82, 2.24) is 4.72 Å². The molecule has 142 valence electrons. The van der Waals surface area contributed by atoms with Crippen molar-refractivity contribution in [3.05, 3.63) is 59.0 Å². The summed E-state index contributed by atoms with van der Waals surface area (Å²) in [6, 6.07) is 14.1. The van der Waals surface area contributed by atoms with Crippen LogP contribution in [0.1, 0.15) is 36.0 Å². The summed E-state index contributed by atoms with van der Waals surface area (Å²) in [6.07, 6.45) is 0. The molecular formula is C20H22N2O3S2. The van der Waals surface area contributed by atoms with E-state index in [1.165, 1.54) is 23.5 Å². The number of carbonyl (C=O) groups excluding carboxylic acids is 1. The van der Waals surface area contributed by atoms with Gasteiger partial charge in [0, 0.05) is 15.9 Å². The number of hydrogen-bond donors (Lipinski definition) is 2. The summed E-state index contributed by atoms with van der Waals surface area (Å²) in [4.78, 5) is 13.5. The van der Waals surface area contributed by atoms with Crippen molar-refractivity contribution in [3.8, 4) is 0 Å². The van der Waals surface area contributed by atoms with E-state index in [0.29, 0.717) is 10.6 Å². The Hall–Kier alpha value is -2.22. The quantitative estimate of drug-likeness (QED) is 0.673. The van der Waals surface area contributed by atoms with E-state index in [2.05, 4.69) is 10.0 Å². The Labute approximate surface area is 163 Å². The third kappa shape index (κ3) is 4.37. The molecule has 0 spiro atoms. The number of sulfonamides is 1. The molecule has 7 heteroatoms. The maximum absolute atomic E-state index is 12.7. The van der Waals surface area contributed by atoms with Crippen molar-refractivity contribution >= 4 is 43.0 Å². The maximum atomic E-state index is 12.7. The molecule has 0 unspecified atom stereocenters. The van der Waals surface area contributed by atoms with E-state index in [4.69, 9.17) is 0 Å². The lowest BCUT2D eigenvalue weighted by molar-refractivity contribution is 0.103. The highest BCUT2D eigenvalue weighted by Gasteiger charge is 2.22. The van der Waals surface area contributed by atoms with Crippen LogP contribution in [-0.2, 0) is 10.0 Å². The average Bonchev–Trinajstić information content (AvgIpc) is 2.90. The normalized spacial score (nSPS) is 12.3. The van der Waals surface area contributed by atoms with Gasteiger partial charge in [0.05, 0.1) is 9.77 Å². The molecule has 2 aromatic carbocycles. The lowest BCUT2D eigenvalue weighted by atomic mass is 10.1. The van der Waals surface area contributed by atoms with Gasteiger partial charge in [-0.1, -0.05) is 24.3 Å². The smallest absolute Gasteiger partial charge is 0.266 e. The van der Waals surface area contributed by atoms with Crippen molar-refractivity contribution in [2.45, 2.75) is 38.1 Å². The summed E-state index contributed by atoms with van der Waals surface area (Å²) < 4.78 is 28.7. The molecule has 0 fully saturated rings. The van der Waals surface area contributed by atoms with Crippen molar-refractivity contribution < 1.29 is 13.2 Å². The zero-order valence-electron chi connectivity index (χ0n) is 15.7. The fraction of sp³-hybridized carbons (Fsp3) is 0.250. The summed E-state index contributed by atoms with van der Waals surface area (Å²) in [5.74, 6) is -0.243. The Kier molecular flexibility index (Phi) is 5.12. The molecule has 0 saturated heterocycles. The SMILES string of the molecule is Cc1c(C(=O)Nc2cccc(S(=O)(=O)NC(C)(C)C)c2)sc2ccccc12. The Bertz CT molecular complexity index is 1110. The van der Waals surface area contributed by atoms with Crippen LogP contribution in [-0.4, -0.2) is 19.9 Å². The Balaban J connectivity index is 1.88. The Morgan fingerprint density at radius 2 is 1.74 bits per heavy atom. The molecule has 0 aliphatic carbocycles. The van der Waals surface area contributed by atoms with Crippen LogP contribution in [0.2, 0.25) is 0 Å². The summed E-state index contributed by atoms with van der Waals surface area (Å²) >= 11 is 1.43. The molecule has 0 radical (unpaired) electrons. The minimum Gasteiger partial charge on any atom is -0.321 e. The molecule has 1 heterocycles. The molecule has 1 amide bonds. The number of thiophene rings is 1. The number of amides is 1. The average molecular weight is 403 g/mol. The second kappa shape index (κ2) is 7.07. The standard InChI is InChI=1S/C20H22N2O3S2/c1-13-16-10-5-6-11-17(16)26-18(13)19(23)21-14-8-7-9-15(12-14)27(24,25)22-20(2,3)4/h5-12,22H,1-4H3,(H,21,23). The van der Waals surface area contributed by atoms with Gasteiger partial charge in [-0.15, -0.1) is 11.3 Å². The van der Waals surface area contributed by atoms with E-state index >= 15 is 0 Å². The molecule has 2 N–H and O–H groups in total. The molecule has 1 aromatic heterocycles. The lowest BCUT2D eigenvalue weighted by Crippen LogP contribution is -2.40. The second-order valence-electron chi connectivity index (χ2n) is 7.39. The molecule has 0 aliphatic heterocycles. The highest BCUT2D eigenvalue weighted by molar-refractivity contribution is 7.89. The Morgan fingerprint density at radius 3 is 2.41 bits per heavy atom. The number of carbonyl (C=O) groups is 1. The monoisotopic (exact) mass is 402 g/mol. The van der Waals surface area contributed by atoms with Gasteiger partial charge in [0.1, 0.15) is 0 Å². The number of aryl methyl sites for hydroxylation is 1. The first-order chi connectivity index (χ1) is 12.6. The number of anilines is 1. The zero-order chi connectivity index (χ0) is 19.8. The molecule has 3 aromatic rings. The molecule has 5 nitrogen and oxygen atoms in total. The number of hydrogen-bond acceptors (Lipinski definition) is 4. The van der Waals surface area contributed by atoms with E-state index in [0.717, 1.165) is 15.6 Å². The number of rotatable bonds is 4. The zero-order valence-corrected chi connectivity index (χ0v) is 17.3. The third-order valence-electron chi connectivity index (χ3n) is 3.89. The second-order valence-corrected chi connectivity index (χ2v) is 10.1. The van der Waals surface area contributed by atoms with Gasteiger partial charge >= 0.3 is 0 Å². The van der Waals surface area contributed by atoms with Gasteiger partial charge in [0.15, 0.2) is 0 Å². The van der Waals surface area contributed by atoms with Crippen LogP contribution in [0, 0.1) is 6.92 Å². The minimum absolute atomic E-state index is 0.114. The molecule has 0 atom stereocenters. The summed E-state index contributed by atoms with van der Waals surface area (Å²) in [5, 5.41) is 3.87. The number of fused-ring (bicyclic) bond motifs is 1. The fourth-order valence-corrected chi connectivity index (χ4v) is 5.35. The third-order valence-corrected chi connectivity index (χ3v) is 6.92. The van der Waals surface area contributed by atoms with Crippen molar-refractivity contribution in [3.63, 3.8) is 0 Å². The lowest BCUT2D eigenvalue weighted by Gasteiger charge is -2.20. The van der Waals surface area contributed by atoms with Crippen LogP contribution in [0.5, 0.6) is 0 Å². The Morgan fingerprint density at radius 1 is 1.04 bits per heavy atom. The van der Waals surface area contributed by atoms with Crippen molar-refractivity contribution in [2.24, 2.45) is 0 Å². The van der Waals surface area contributed by atoms with Gasteiger partial charge < -0.3 is 5.32 Å². The van der Waals surface area contributed by atoms with Gasteiger partial charge in [-0.3, -0.25) is 4.79 Å². The van der Waals surface area contributed by atoms with Crippen LogP contribution < -0.4 is 10.0 Å². The first-order valence-electron chi connectivity index (χ1n) is 8.50. The minimum atomic E-state index is -3.67. The van der Waals surface area contributed by atoms with Gasteiger partial charge in [0.25, 0.3) is 5.91 Å². The van der Waals surface area contributed by atoms with Gasteiger partial charge in [-0.05, 0) is 62.9 Å². The predicted octanol–water partition coefficient (Wildman–Crippen LogP) is 4.54. The van der Waals surface area contributed by atoms with E-state index < -0.39 is 15.6 Å². The van der Waals surface area contributed by atoms with Gasteiger partial charge in [0.2, 0.25) is 10.0 Å².